The number of methoxy groups -OCH3 is 1. The van der Waals surface area contributed by atoms with Gasteiger partial charge in [0.25, 0.3) is 0 Å². The molecule has 1 aromatic rings. The fourth-order valence-electron chi connectivity index (χ4n) is 4.19. The van der Waals surface area contributed by atoms with Gasteiger partial charge in [0, 0.05) is 60.0 Å². The molecule has 1 unspecified atom stereocenters. The second-order valence-corrected chi connectivity index (χ2v) is 7.89. The van der Waals surface area contributed by atoms with Crippen LogP contribution < -0.4 is 5.32 Å². The quantitative estimate of drug-likeness (QED) is 0.348. The summed E-state index contributed by atoms with van der Waals surface area (Å²) >= 11 is 0. The molecule has 0 radical (unpaired) electrons. The molecule has 3 rings (SSSR count). The molecule has 0 bridgehead atoms. The monoisotopic (exact) mass is 529 g/mol. The topological polar surface area (TPSA) is 60.4 Å². The van der Waals surface area contributed by atoms with Gasteiger partial charge in [0.1, 0.15) is 0 Å². The Morgan fingerprint density at radius 2 is 1.77 bits per heavy atom. The predicted octanol–water partition coefficient (Wildman–Crippen LogP) is 2.15. The number of hydrogen-bond acceptors (Lipinski definition) is 4. The molecule has 7 nitrogen and oxygen atoms in total. The van der Waals surface area contributed by atoms with E-state index in [1.807, 2.05) is 11.9 Å². The van der Waals surface area contributed by atoms with E-state index in [0.29, 0.717) is 6.61 Å². The Morgan fingerprint density at radius 3 is 2.40 bits per heavy atom. The Balaban J connectivity index is 0.00000320. The Bertz CT molecular complexity index is 701. The van der Waals surface area contributed by atoms with Crippen LogP contribution in [0.1, 0.15) is 30.9 Å². The van der Waals surface area contributed by atoms with Gasteiger partial charge in [0.05, 0.1) is 12.6 Å². The van der Waals surface area contributed by atoms with Gasteiger partial charge in [-0.1, -0.05) is 24.3 Å². The molecule has 0 saturated carbocycles. The predicted molar refractivity (Wildman–Crippen MR) is 131 cm³/mol. The molecule has 0 aliphatic carbocycles. The molecule has 1 N–H and O–H groups in total. The number of nitrogens with one attached hydrogen (secondary N) is 1. The van der Waals surface area contributed by atoms with E-state index in [1.54, 1.807) is 7.11 Å². The van der Waals surface area contributed by atoms with Gasteiger partial charge in [-0.25, -0.2) is 0 Å². The first-order valence-corrected chi connectivity index (χ1v) is 10.7. The van der Waals surface area contributed by atoms with Gasteiger partial charge in [-0.3, -0.25) is 14.7 Å². The number of rotatable bonds is 6. The van der Waals surface area contributed by atoms with E-state index in [0.717, 1.165) is 64.6 Å². The Kier molecular flexibility index (Phi) is 10.3. The van der Waals surface area contributed by atoms with Crippen LogP contribution in [0.15, 0.2) is 29.3 Å². The summed E-state index contributed by atoms with van der Waals surface area (Å²) in [5.74, 6) is 1.20. The first-order chi connectivity index (χ1) is 14.1. The van der Waals surface area contributed by atoms with Gasteiger partial charge in [-0.2, -0.15) is 0 Å². The van der Waals surface area contributed by atoms with Crippen LogP contribution >= 0.6 is 24.0 Å². The minimum atomic E-state index is -0.0336. The summed E-state index contributed by atoms with van der Waals surface area (Å²) in [7, 11) is 3.54. The van der Waals surface area contributed by atoms with Crippen molar-refractivity contribution in [3.63, 3.8) is 0 Å². The molecule has 1 aromatic carbocycles. The fourth-order valence-corrected chi connectivity index (χ4v) is 4.19. The number of amides is 1. The van der Waals surface area contributed by atoms with Crippen molar-refractivity contribution in [3.8, 4) is 0 Å². The number of carbonyl (C=O) groups is 1. The number of nitrogens with zero attached hydrogens (tertiary/aromatic N) is 4. The largest absolute Gasteiger partial charge is 0.380 e. The summed E-state index contributed by atoms with van der Waals surface area (Å²) in [4.78, 5) is 23.7. The van der Waals surface area contributed by atoms with E-state index >= 15 is 0 Å². The third-order valence-electron chi connectivity index (χ3n) is 5.90. The third kappa shape index (κ3) is 6.55. The summed E-state index contributed by atoms with van der Waals surface area (Å²) in [6.45, 7) is 8.76. The lowest BCUT2D eigenvalue weighted by atomic mass is 10.1. The summed E-state index contributed by atoms with van der Waals surface area (Å²) in [5, 5.41) is 3.48. The molecule has 1 amide bonds. The molecule has 1 atom stereocenters. The summed E-state index contributed by atoms with van der Waals surface area (Å²) in [6.07, 6.45) is 2.28. The van der Waals surface area contributed by atoms with Crippen molar-refractivity contribution in [1.82, 2.24) is 20.0 Å². The van der Waals surface area contributed by atoms with Crippen molar-refractivity contribution in [2.24, 2.45) is 4.99 Å². The van der Waals surface area contributed by atoms with Crippen molar-refractivity contribution >= 4 is 35.8 Å². The number of guanidine groups is 1. The van der Waals surface area contributed by atoms with E-state index in [9.17, 15) is 4.79 Å². The van der Waals surface area contributed by atoms with E-state index in [2.05, 4.69) is 51.3 Å². The molecular weight excluding hydrogens is 493 g/mol. The molecule has 8 heteroatoms. The van der Waals surface area contributed by atoms with E-state index in [1.165, 1.54) is 11.1 Å². The molecule has 168 valence electrons. The van der Waals surface area contributed by atoms with E-state index in [4.69, 9.17) is 4.74 Å². The Labute approximate surface area is 197 Å². The smallest absolute Gasteiger partial charge is 0.239 e. The summed E-state index contributed by atoms with van der Waals surface area (Å²) in [5.41, 5.74) is 2.39. The van der Waals surface area contributed by atoms with Crippen LogP contribution in [0.25, 0.3) is 0 Å². The highest BCUT2D eigenvalue weighted by molar-refractivity contribution is 14.0. The first kappa shape index (κ1) is 24.9. The molecule has 2 fully saturated rings. The van der Waals surface area contributed by atoms with Crippen molar-refractivity contribution in [1.29, 1.82) is 0 Å². The van der Waals surface area contributed by atoms with Crippen molar-refractivity contribution in [3.05, 3.63) is 35.4 Å². The molecular formula is C22H36IN5O2. The zero-order chi connectivity index (χ0) is 20.6. The standard InChI is InChI=1S/C22H35N5O2.HI/c1-18(21(28)26-9-4-5-10-26)25-11-13-27(14-12-25)22(23-2)24-16-19-7-6-8-20(15-19)17-29-3;/h6-8,15,18H,4-5,9-14,16-17H2,1-3H3,(H,23,24);1H. The van der Waals surface area contributed by atoms with Gasteiger partial charge in [-0.15, -0.1) is 24.0 Å². The molecule has 30 heavy (non-hydrogen) atoms. The number of halogens is 1. The third-order valence-corrected chi connectivity index (χ3v) is 5.90. The lowest BCUT2D eigenvalue weighted by molar-refractivity contribution is -0.135. The Hall–Kier alpha value is -1.39. The lowest BCUT2D eigenvalue weighted by Gasteiger charge is -2.39. The van der Waals surface area contributed by atoms with E-state index in [-0.39, 0.29) is 35.9 Å². The molecule has 0 aromatic heterocycles. The highest BCUT2D eigenvalue weighted by atomic mass is 127. The summed E-state index contributed by atoms with van der Waals surface area (Å²) < 4.78 is 5.22. The second kappa shape index (κ2) is 12.5. The number of carbonyl (C=O) groups excluding carboxylic acids is 1. The average Bonchev–Trinajstić information content (AvgIpc) is 3.29. The number of ether oxygens (including phenoxy) is 1. The number of piperazine rings is 1. The van der Waals surface area contributed by atoms with Crippen molar-refractivity contribution in [2.75, 3.05) is 53.4 Å². The molecule has 2 heterocycles. The Morgan fingerprint density at radius 1 is 1.10 bits per heavy atom. The van der Waals surface area contributed by atoms with Crippen LogP contribution in [-0.2, 0) is 22.7 Å². The van der Waals surface area contributed by atoms with Gasteiger partial charge >= 0.3 is 0 Å². The SMILES string of the molecule is CN=C(NCc1cccc(COC)c1)N1CCN(C(C)C(=O)N2CCCC2)CC1.I. The number of hydrogen-bond donors (Lipinski definition) is 1. The maximum absolute atomic E-state index is 12.7. The van der Waals surface area contributed by atoms with Crippen LogP contribution in [0.3, 0.4) is 0 Å². The molecule has 2 saturated heterocycles. The number of benzene rings is 1. The van der Waals surface area contributed by atoms with Crippen LogP contribution in [0, 0.1) is 0 Å². The van der Waals surface area contributed by atoms with Gasteiger partial charge in [0.2, 0.25) is 5.91 Å². The minimum Gasteiger partial charge on any atom is -0.380 e. The first-order valence-electron chi connectivity index (χ1n) is 10.7. The highest BCUT2D eigenvalue weighted by Gasteiger charge is 2.30. The molecule has 2 aliphatic rings. The van der Waals surface area contributed by atoms with Crippen LogP contribution in [-0.4, -0.2) is 86.0 Å². The molecule has 0 spiro atoms. The highest BCUT2D eigenvalue weighted by Crippen LogP contribution is 2.14. The van der Waals surface area contributed by atoms with Gasteiger partial charge < -0.3 is 19.9 Å². The zero-order valence-corrected chi connectivity index (χ0v) is 20.8. The van der Waals surface area contributed by atoms with Crippen LogP contribution in [0.5, 0.6) is 0 Å². The van der Waals surface area contributed by atoms with Crippen LogP contribution in [0.4, 0.5) is 0 Å². The average molecular weight is 529 g/mol. The van der Waals surface area contributed by atoms with E-state index < -0.39 is 0 Å². The second-order valence-electron chi connectivity index (χ2n) is 7.89. The van der Waals surface area contributed by atoms with Crippen molar-refractivity contribution in [2.45, 2.75) is 39.0 Å². The summed E-state index contributed by atoms with van der Waals surface area (Å²) in [6, 6.07) is 8.38. The maximum Gasteiger partial charge on any atom is 0.239 e. The van der Waals surface area contributed by atoms with Crippen molar-refractivity contribution < 1.29 is 9.53 Å². The normalized spacial score (nSPS) is 18.8. The lowest BCUT2D eigenvalue weighted by Crippen LogP contribution is -2.57. The number of likely N-dealkylation sites (tertiary alicyclic amines) is 1. The fraction of sp³-hybridized carbons (Fsp3) is 0.636. The van der Waals surface area contributed by atoms with Gasteiger partial charge in [-0.05, 0) is 30.9 Å². The number of aliphatic imine (C=N–C) groups is 1. The minimum absolute atomic E-state index is 0. The zero-order valence-electron chi connectivity index (χ0n) is 18.5. The van der Waals surface area contributed by atoms with Gasteiger partial charge in [0.15, 0.2) is 5.96 Å². The molecule has 2 aliphatic heterocycles. The van der Waals surface area contributed by atoms with Crippen LogP contribution in [0.2, 0.25) is 0 Å². The maximum atomic E-state index is 12.7.